The minimum atomic E-state index is -0.292. The van der Waals surface area contributed by atoms with E-state index in [4.69, 9.17) is 0 Å². The maximum atomic E-state index is 11.4. The summed E-state index contributed by atoms with van der Waals surface area (Å²) in [7, 11) is 0. The lowest BCUT2D eigenvalue weighted by atomic mass is 9.74. The van der Waals surface area contributed by atoms with Crippen LogP contribution in [-0.4, -0.2) is 37.7 Å². The van der Waals surface area contributed by atoms with Gasteiger partial charge in [-0.2, -0.15) is 5.10 Å². The van der Waals surface area contributed by atoms with E-state index in [1.54, 1.807) is 24.8 Å². The minimum Gasteiger partial charge on any atom is -0.372 e. The molecule has 0 spiro atoms. The SMILES string of the molecule is CC1(C)CN(CCn2cncn2)C2=CC=C(c3ccccc3[N+](=O)[O-])CC21. The van der Waals surface area contributed by atoms with Crippen molar-refractivity contribution in [2.45, 2.75) is 26.8 Å². The predicted octanol–water partition coefficient (Wildman–Crippen LogP) is 3.52. The van der Waals surface area contributed by atoms with E-state index in [9.17, 15) is 10.1 Å². The van der Waals surface area contributed by atoms with Crippen LogP contribution in [-0.2, 0) is 6.54 Å². The minimum absolute atomic E-state index is 0.108. The van der Waals surface area contributed by atoms with Crippen LogP contribution in [0.25, 0.3) is 5.57 Å². The maximum Gasteiger partial charge on any atom is 0.276 e. The van der Waals surface area contributed by atoms with Gasteiger partial charge in [0.1, 0.15) is 12.7 Å². The van der Waals surface area contributed by atoms with Crippen LogP contribution in [0, 0.1) is 21.4 Å². The molecule has 2 aliphatic rings. The fourth-order valence-electron chi connectivity index (χ4n) is 4.27. The van der Waals surface area contributed by atoms with Gasteiger partial charge in [0.15, 0.2) is 0 Å². The van der Waals surface area contributed by atoms with Crippen LogP contribution in [0.4, 0.5) is 5.69 Å². The van der Waals surface area contributed by atoms with Crippen LogP contribution in [0.3, 0.4) is 0 Å². The van der Waals surface area contributed by atoms with Gasteiger partial charge in [-0.1, -0.05) is 32.1 Å². The number of benzene rings is 1. The summed E-state index contributed by atoms with van der Waals surface area (Å²) in [4.78, 5) is 17.5. The fraction of sp³-hybridized carbons (Fsp3) is 0.400. The molecular weight excluding hydrogens is 342 g/mol. The Morgan fingerprint density at radius 2 is 2.07 bits per heavy atom. The predicted molar refractivity (Wildman–Crippen MR) is 103 cm³/mol. The Morgan fingerprint density at radius 1 is 1.26 bits per heavy atom. The first-order valence-electron chi connectivity index (χ1n) is 9.17. The van der Waals surface area contributed by atoms with E-state index in [1.165, 1.54) is 5.70 Å². The zero-order valence-electron chi connectivity index (χ0n) is 15.6. The number of likely N-dealkylation sites (tertiary alicyclic amines) is 1. The number of nitro groups is 1. The second-order valence-corrected chi connectivity index (χ2v) is 7.88. The largest absolute Gasteiger partial charge is 0.372 e. The average molecular weight is 365 g/mol. The Kier molecular flexibility index (Phi) is 4.30. The number of rotatable bonds is 5. The summed E-state index contributed by atoms with van der Waals surface area (Å²) < 4.78 is 1.85. The van der Waals surface area contributed by atoms with Crippen molar-refractivity contribution in [3.05, 3.63) is 70.4 Å². The van der Waals surface area contributed by atoms with Crippen LogP contribution < -0.4 is 0 Å². The van der Waals surface area contributed by atoms with E-state index in [1.807, 2.05) is 16.8 Å². The molecule has 140 valence electrons. The molecule has 1 aromatic heterocycles. The Labute approximate surface area is 158 Å². The van der Waals surface area contributed by atoms with Crippen molar-refractivity contribution >= 4 is 11.3 Å². The number of hydrogen-bond donors (Lipinski definition) is 0. The van der Waals surface area contributed by atoms with Crippen molar-refractivity contribution in [1.82, 2.24) is 19.7 Å². The molecule has 1 aliphatic heterocycles. The molecule has 0 radical (unpaired) electrons. The molecule has 1 aliphatic carbocycles. The molecule has 2 heterocycles. The van der Waals surface area contributed by atoms with E-state index in [-0.39, 0.29) is 16.0 Å². The molecule has 7 heteroatoms. The highest BCUT2D eigenvalue weighted by atomic mass is 16.6. The first-order chi connectivity index (χ1) is 13.0. The standard InChI is InChI=1S/C20H23N5O2/c1-20(2)12-23(9-10-24-14-21-13-22-24)19-8-7-15(11-17(19)20)16-5-3-4-6-18(16)25(26)27/h3-8,13-14,17H,9-12H2,1-2H3. The lowest BCUT2D eigenvalue weighted by Crippen LogP contribution is -2.26. The highest BCUT2D eigenvalue weighted by Gasteiger charge is 2.44. The molecule has 0 amide bonds. The van der Waals surface area contributed by atoms with Crippen LogP contribution in [0.1, 0.15) is 25.8 Å². The highest BCUT2D eigenvalue weighted by molar-refractivity contribution is 5.75. The lowest BCUT2D eigenvalue weighted by molar-refractivity contribution is -0.385. The smallest absolute Gasteiger partial charge is 0.276 e. The van der Waals surface area contributed by atoms with Crippen molar-refractivity contribution in [3.63, 3.8) is 0 Å². The first kappa shape index (κ1) is 17.5. The number of nitrogens with zero attached hydrogens (tertiary/aromatic N) is 5. The summed E-state index contributed by atoms with van der Waals surface area (Å²) in [6.45, 7) is 7.20. The number of hydrogen-bond acceptors (Lipinski definition) is 5. The monoisotopic (exact) mass is 365 g/mol. The quantitative estimate of drug-likeness (QED) is 0.598. The third-order valence-electron chi connectivity index (χ3n) is 5.66. The molecular formula is C20H23N5O2. The summed E-state index contributed by atoms with van der Waals surface area (Å²) in [5.74, 6) is 0.355. The van der Waals surface area contributed by atoms with Gasteiger partial charge in [0.25, 0.3) is 5.69 Å². The van der Waals surface area contributed by atoms with Gasteiger partial charge in [-0.3, -0.25) is 14.8 Å². The third-order valence-corrected chi connectivity index (χ3v) is 5.66. The van der Waals surface area contributed by atoms with E-state index in [0.29, 0.717) is 5.92 Å². The molecule has 0 N–H and O–H groups in total. The van der Waals surface area contributed by atoms with Crippen molar-refractivity contribution in [1.29, 1.82) is 0 Å². The van der Waals surface area contributed by atoms with Gasteiger partial charge in [-0.05, 0) is 29.6 Å². The molecule has 0 bridgehead atoms. The van der Waals surface area contributed by atoms with Crippen molar-refractivity contribution < 1.29 is 4.92 Å². The molecule has 1 fully saturated rings. The van der Waals surface area contributed by atoms with Gasteiger partial charge in [0, 0.05) is 30.8 Å². The zero-order valence-corrected chi connectivity index (χ0v) is 15.6. The molecule has 27 heavy (non-hydrogen) atoms. The number of aromatic nitrogens is 3. The van der Waals surface area contributed by atoms with E-state index in [2.05, 4.69) is 41.0 Å². The summed E-state index contributed by atoms with van der Waals surface area (Å²) in [5.41, 5.74) is 3.39. The van der Waals surface area contributed by atoms with Gasteiger partial charge < -0.3 is 4.90 Å². The maximum absolute atomic E-state index is 11.4. The highest BCUT2D eigenvalue weighted by Crippen LogP contribution is 2.49. The second-order valence-electron chi connectivity index (χ2n) is 7.88. The molecule has 1 atom stereocenters. The van der Waals surface area contributed by atoms with Gasteiger partial charge in [0.2, 0.25) is 0 Å². The molecule has 1 unspecified atom stereocenters. The number of para-hydroxylation sites is 1. The molecule has 1 saturated heterocycles. The van der Waals surface area contributed by atoms with E-state index < -0.39 is 0 Å². The Bertz CT molecular complexity index is 914. The van der Waals surface area contributed by atoms with Crippen LogP contribution in [0.2, 0.25) is 0 Å². The van der Waals surface area contributed by atoms with E-state index in [0.717, 1.165) is 37.2 Å². The van der Waals surface area contributed by atoms with Crippen LogP contribution in [0.5, 0.6) is 0 Å². The Balaban J connectivity index is 1.61. The average Bonchev–Trinajstić information content (AvgIpc) is 3.26. The molecule has 0 saturated carbocycles. The summed E-state index contributed by atoms with van der Waals surface area (Å²) in [6.07, 6.45) is 8.32. The van der Waals surface area contributed by atoms with Gasteiger partial charge >= 0.3 is 0 Å². The van der Waals surface area contributed by atoms with Crippen LogP contribution >= 0.6 is 0 Å². The summed E-state index contributed by atoms with van der Waals surface area (Å²) >= 11 is 0. The van der Waals surface area contributed by atoms with Crippen molar-refractivity contribution in [2.75, 3.05) is 13.1 Å². The van der Waals surface area contributed by atoms with Gasteiger partial charge in [-0.25, -0.2) is 4.98 Å². The number of allylic oxidation sites excluding steroid dienone is 4. The summed E-state index contributed by atoms with van der Waals surface area (Å²) in [5, 5.41) is 15.6. The summed E-state index contributed by atoms with van der Waals surface area (Å²) in [6, 6.07) is 7.02. The zero-order chi connectivity index (χ0) is 19.0. The van der Waals surface area contributed by atoms with Crippen molar-refractivity contribution in [3.8, 4) is 0 Å². The fourth-order valence-corrected chi connectivity index (χ4v) is 4.27. The lowest BCUT2D eigenvalue weighted by Gasteiger charge is -2.29. The number of fused-ring (bicyclic) bond motifs is 1. The van der Waals surface area contributed by atoms with Gasteiger partial charge in [-0.15, -0.1) is 0 Å². The van der Waals surface area contributed by atoms with Gasteiger partial charge in [0.05, 0.1) is 17.0 Å². The molecule has 1 aromatic carbocycles. The molecule has 4 rings (SSSR count). The van der Waals surface area contributed by atoms with E-state index >= 15 is 0 Å². The van der Waals surface area contributed by atoms with Crippen molar-refractivity contribution in [2.24, 2.45) is 11.3 Å². The normalized spacial score (nSPS) is 20.8. The Hall–Kier alpha value is -2.96. The second kappa shape index (κ2) is 6.64. The van der Waals surface area contributed by atoms with Crippen LogP contribution in [0.15, 0.2) is 54.8 Å². The Morgan fingerprint density at radius 3 is 2.81 bits per heavy atom. The molecule has 2 aromatic rings. The molecule has 7 nitrogen and oxygen atoms in total. The topological polar surface area (TPSA) is 77.1 Å². The first-order valence-corrected chi connectivity index (χ1v) is 9.17. The number of nitro benzene ring substituents is 1. The third kappa shape index (κ3) is 3.25.